The van der Waals surface area contributed by atoms with Crippen LogP contribution >= 0.6 is 0 Å². The molecule has 0 aromatic heterocycles. The quantitative estimate of drug-likeness (QED) is 0.701. The molecule has 0 aliphatic rings. The van der Waals surface area contributed by atoms with Crippen molar-refractivity contribution in [1.29, 1.82) is 0 Å². The monoisotopic (exact) mass is 187 g/mol. The van der Waals surface area contributed by atoms with Gasteiger partial charge in [-0.3, -0.25) is 4.79 Å². The molecule has 0 saturated heterocycles. The van der Waals surface area contributed by atoms with Crippen molar-refractivity contribution in [2.45, 2.75) is 39.2 Å². The maximum atomic E-state index is 11.3. The van der Waals surface area contributed by atoms with E-state index in [2.05, 4.69) is 0 Å². The summed E-state index contributed by atoms with van der Waals surface area (Å²) >= 11 is 0. The van der Waals surface area contributed by atoms with Crippen LogP contribution in [0, 0.1) is 0 Å². The number of nitrogens with zero attached hydrogens (tertiary/aromatic N) is 1. The van der Waals surface area contributed by atoms with Crippen molar-refractivity contribution in [3.05, 3.63) is 0 Å². The summed E-state index contributed by atoms with van der Waals surface area (Å²) in [5.74, 6) is -1.07. The Morgan fingerprint density at radius 1 is 1.46 bits per heavy atom. The molecular formula is C9H17NO3. The van der Waals surface area contributed by atoms with Gasteiger partial charge in [0.15, 0.2) is 0 Å². The summed E-state index contributed by atoms with van der Waals surface area (Å²) in [7, 11) is 1.52. The smallest absolute Gasteiger partial charge is 0.326 e. The molecule has 0 bridgehead atoms. The van der Waals surface area contributed by atoms with E-state index in [4.69, 9.17) is 5.11 Å². The molecular weight excluding hydrogens is 170 g/mol. The standard InChI is InChI=1S/C9H17NO3/c1-4-5-6-8(11)10(3)7(2)9(12)13/h7H,4-6H2,1-3H3,(H,12,13)/t7-/m0/s1. The maximum Gasteiger partial charge on any atom is 0.326 e. The number of amides is 1. The number of hydrogen-bond donors (Lipinski definition) is 1. The Morgan fingerprint density at radius 3 is 2.38 bits per heavy atom. The van der Waals surface area contributed by atoms with Gasteiger partial charge in [-0.25, -0.2) is 4.79 Å². The van der Waals surface area contributed by atoms with Crippen LogP contribution in [-0.2, 0) is 9.59 Å². The predicted molar refractivity (Wildman–Crippen MR) is 49.4 cm³/mol. The highest BCUT2D eigenvalue weighted by Gasteiger charge is 2.20. The molecule has 0 aromatic carbocycles. The first kappa shape index (κ1) is 11.9. The Morgan fingerprint density at radius 2 is 2.00 bits per heavy atom. The molecule has 0 rings (SSSR count). The lowest BCUT2D eigenvalue weighted by Crippen LogP contribution is -2.40. The molecule has 0 radical (unpaired) electrons. The molecule has 0 fully saturated rings. The molecule has 1 N–H and O–H groups in total. The summed E-state index contributed by atoms with van der Waals surface area (Å²) in [5.41, 5.74) is 0. The van der Waals surface area contributed by atoms with Gasteiger partial charge >= 0.3 is 5.97 Å². The summed E-state index contributed by atoms with van der Waals surface area (Å²) in [5, 5.41) is 8.63. The maximum absolute atomic E-state index is 11.3. The fourth-order valence-corrected chi connectivity index (χ4v) is 0.886. The summed E-state index contributed by atoms with van der Waals surface area (Å²) in [6.45, 7) is 3.50. The van der Waals surface area contributed by atoms with E-state index < -0.39 is 12.0 Å². The molecule has 0 aliphatic heterocycles. The molecule has 4 heteroatoms. The van der Waals surface area contributed by atoms with Gasteiger partial charge in [-0.1, -0.05) is 13.3 Å². The van der Waals surface area contributed by atoms with E-state index in [9.17, 15) is 9.59 Å². The van der Waals surface area contributed by atoms with Crippen LogP contribution in [0.25, 0.3) is 0 Å². The van der Waals surface area contributed by atoms with E-state index in [0.29, 0.717) is 6.42 Å². The van der Waals surface area contributed by atoms with Crippen molar-refractivity contribution >= 4 is 11.9 Å². The largest absolute Gasteiger partial charge is 0.480 e. The Balaban J connectivity index is 4.01. The fourth-order valence-electron chi connectivity index (χ4n) is 0.886. The zero-order chi connectivity index (χ0) is 10.4. The highest BCUT2D eigenvalue weighted by molar-refractivity contribution is 5.83. The Labute approximate surface area is 78.5 Å². The highest BCUT2D eigenvalue weighted by Crippen LogP contribution is 2.02. The number of carbonyl (C=O) groups is 2. The average molecular weight is 187 g/mol. The number of carboxylic acid groups (broad SMARTS) is 1. The number of unbranched alkanes of at least 4 members (excludes halogenated alkanes) is 1. The van der Waals surface area contributed by atoms with Crippen molar-refractivity contribution in [3.63, 3.8) is 0 Å². The average Bonchev–Trinajstić information content (AvgIpc) is 2.11. The van der Waals surface area contributed by atoms with Crippen molar-refractivity contribution in [2.75, 3.05) is 7.05 Å². The van der Waals surface area contributed by atoms with Crippen molar-refractivity contribution in [1.82, 2.24) is 4.90 Å². The van der Waals surface area contributed by atoms with Gasteiger partial charge in [-0.15, -0.1) is 0 Å². The normalized spacial score (nSPS) is 12.2. The second-order valence-corrected chi connectivity index (χ2v) is 3.12. The lowest BCUT2D eigenvalue weighted by Gasteiger charge is -2.21. The van der Waals surface area contributed by atoms with Crippen molar-refractivity contribution in [3.8, 4) is 0 Å². The third kappa shape index (κ3) is 3.92. The Kier molecular flexibility index (Phi) is 5.11. The zero-order valence-corrected chi connectivity index (χ0v) is 8.41. The van der Waals surface area contributed by atoms with Gasteiger partial charge in [0.05, 0.1) is 0 Å². The SMILES string of the molecule is CCCCC(=O)N(C)[C@@H](C)C(=O)O. The van der Waals surface area contributed by atoms with Gasteiger partial charge in [0.1, 0.15) is 6.04 Å². The number of likely N-dealkylation sites (N-methyl/N-ethyl adjacent to an activating group) is 1. The molecule has 0 heterocycles. The van der Waals surface area contributed by atoms with E-state index in [1.807, 2.05) is 6.92 Å². The molecule has 1 atom stereocenters. The Bertz CT molecular complexity index is 191. The third-order valence-electron chi connectivity index (χ3n) is 2.08. The molecule has 4 nitrogen and oxygen atoms in total. The van der Waals surface area contributed by atoms with Gasteiger partial charge in [-0.05, 0) is 13.3 Å². The van der Waals surface area contributed by atoms with E-state index in [1.165, 1.54) is 18.9 Å². The number of carboxylic acids is 1. The van der Waals surface area contributed by atoms with Crippen LogP contribution in [0.1, 0.15) is 33.1 Å². The first-order valence-electron chi connectivity index (χ1n) is 4.49. The summed E-state index contributed by atoms with van der Waals surface area (Å²) in [6, 6.07) is -0.732. The minimum atomic E-state index is -0.965. The summed E-state index contributed by atoms with van der Waals surface area (Å²) in [6.07, 6.45) is 2.20. The van der Waals surface area contributed by atoms with Crippen LogP contribution in [0.15, 0.2) is 0 Å². The number of carbonyl (C=O) groups excluding carboxylic acids is 1. The Hall–Kier alpha value is -1.06. The third-order valence-corrected chi connectivity index (χ3v) is 2.08. The van der Waals surface area contributed by atoms with Crippen LogP contribution in [0.3, 0.4) is 0 Å². The van der Waals surface area contributed by atoms with Gasteiger partial charge in [0.2, 0.25) is 5.91 Å². The second kappa shape index (κ2) is 5.56. The number of aliphatic carboxylic acids is 1. The van der Waals surface area contributed by atoms with E-state index in [1.54, 1.807) is 0 Å². The van der Waals surface area contributed by atoms with Gasteiger partial charge in [0.25, 0.3) is 0 Å². The molecule has 0 aromatic rings. The topological polar surface area (TPSA) is 57.6 Å². The first-order chi connectivity index (χ1) is 6.00. The lowest BCUT2D eigenvalue weighted by atomic mass is 10.2. The first-order valence-corrected chi connectivity index (χ1v) is 4.49. The van der Waals surface area contributed by atoms with Gasteiger partial charge < -0.3 is 10.0 Å². The van der Waals surface area contributed by atoms with Gasteiger partial charge in [-0.2, -0.15) is 0 Å². The summed E-state index contributed by atoms with van der Waals surface area (Å²) in [4.78, 5) is 23.1. The second-order valence-electron chi connectivity index (χ2n) is 3.12. The van der Waals surface area contributed by atoms with Crippen LogP contribution < -0.4 is 0 Å². The lowest BCUT2D eigenvalue weighted by molar-refractivity contribution is -0.148. The molecule has 76 valence electrons. The minimum Gasteiger partial charge on any atom is -0.480 e. The molecule has 0 aliphatic carbocycles. The van der Waals surface area contributed by atoms with Crippen LogP contribution in [0.5, 0.6) is 0 Å². The minimum absolute atomic E-state index is 0.100. The van der Waals surface area contributed by atoms with Crippen LogP contribution in [0.4, 0.5) is 0 Å². The predicted octanol–water partition coefficient (Wildman–Crippen LogP) is 1.11. The molecule has 0 spiro atoms. The van der Waals surface area contributed by atoms with Crippen LogP contribution in [-0.4, -0.2) is 35.0 Å². The molecule has 13 heavy (non-hydrogen) atoms. The summed E-state index contributed by atoms with van der Waals surface area (Å²) < 4.78 is 0. The number of rotatable bonds is 5. The highest BCUT2D eigenvalue weighted by atomic mass is 16.4. The van der Waals surface area contributed by atoms with Gasteiger partial charge in [0, 0.05) is 13.5 Å². The fraction of sp³-hybridized carbons (Fsp3) is 0.778. The van der Waals surface area contributed by atoms with Crippen LogP contribution in [0.2, 0.25) is 0 Å². The zero-order valence-electron chi connectivity index (χ0n) is 8.41. The molecule has 0 unspecified atom stereocenters. The van der Waals surface area contributed by atoms with E-state index in [-0.39, 0.29) is 5.91 Å². The molecule has 1 amide bonds. The molecule has 0 saturated carbocycles. The van der Waals surface area contributed by atoms with Crippen molar-refractivity contribution < 1.29 is 14.7 Å². The van der Waals surface area contributed by atoms with E-state index in [0.717, 1.165) is 12.8 Å². The van der Waals surface area contributed by atoms with E-state index >= 15 is 0 Å². The number of hydrogen-bond acceptors (Lipinski definition) is 2. The van der Waals surface area contributed by atoms with Crippen molar-refractivity contribution in [2.24, 2.45) is 0 Å².